The van der Waals surface area contributed by atoms with Crippen LogP contribution >= 0.6 is 0 Å². The number of nitrogens with zero attached hydrogens (tertiary/aromatic N) is 3. The van der Waals surface area contributed by atoms with Crippen LogP contribution in [0.5, 0.6) is 0 Å². The lowest BCUT2D eigenvalue weighted by molar-refractivity contribution is -0.144. The van der Waals surface area contributed by atoms with E-state index in [1.807, 2.05) is 50.2 Å². The van der Waals surface area contributed by atoms with E-state index >= 15 is 0 Å². The van der Waals surface area contributed by atoms with Crippen molar-refractivity contribution in [3.63, 3.8) is 0 Å². The number of aliphatic hydroxyl groups is 2. The van der Waals surface area contributed by atoms with Crippen molar-refractivity contribution in [1.82, 2.24) is 14.9 Å². The van der Waals surface area contributed by atoms with Crippen LogP contribution in [-0.2, 0) is 11.2 Å². The van der Waals surface area contributed by atoms with Gasteiger partial charge in [0, 0.05) is 47.7 Å². The smallest absolute Gasteiger partial charge is 0.251 e. The summed E-state index contributed by atoms with van der Waals surface area (Å²) in [6.45, 7) is 9.83. The number of hydrogen-bond donors (Lipinski definition) is 2. The Labute approximate surface area is 223 Å². The third-order valence-electron chi connectivity index (χ3n) is 7.40. The lowest BCUT2D eigenvalue weighted by atomic mass is 9.62. The van der Waals surface area contributed by atoms with Crippen LogP contribution in [0.1, 0.15) is 67.3 Å². The molecule has 5 nitrogen and oxygen atoms in total. The Kier molecular flexibility index (Phi) is 7.72. The highest BCUT2D eigenvalue weighted by Gasteiger charge is 2.56. The average Bonchev–Trinajstić information content (AvgIpc) is 2.86. The van der Waals surface area contributed by atoms with E-state index in [4.69, 9.17) is 0 Å². The Morgan fingerprint density at radius 1 is 1.05 bits per heavy atom. The number of aryl methyl sites for hydroxylation is 1. The Morgan fingerprint density at radius 2 is 1.74 bits per heavy atom. The number of hydrogen-bond acceptors (Lipinski definition) is 5. The number of likely N-dealkylation sites (tertiary alicyclic amines) is 1. The van der Waals surface area contributed by atoms with Gasteiger partial charge in [0.15, 0.2) is 5.60 Å². The van der Waals surface area contributed by atoms with Crippen LogP contribution in [0.25, 0.3) is 0 Å². The Hall–Kier alpha value is -3.18. The summed E-state index contributed by atoms with van der Waals surface area (Å²) in [6.07, 6.45) is 0.738. The Bertz CT molecular complexity index is 1340. The van der Waals surface area contributed by atoms with Crippen LogP contribution in [0.15, 0.2) is 60.9 Å². The zero-order valence-corrected chi connectivity index (χ0v) is 22.5. The summed E-state index contributed by atoms with van der Waals surface area (Å²) in [7, 11) is 0. The molecule has 3 aromatic rings. The van der Waals surface area contributed by atoms with Gasteiger partial charge in [0.05, 0.1) is 12.2 Å². The summed E-state index contributed by atoms with van der Waals surface area (Å²) in [6, 6.07) is 14.9. The van der Waals surface area contributed by atoms with Crippen LogP contribution in [0.2, 0.25) is 0 Å². The van der Waals surface area contributed by atoms with Gasteiger partial charge in [-0.05, 0) is 49.1 Å². The quantitative estimate of drug-likeness (QED) is 0.431. The molecular formula is C31H35F2N3O2. The topological polar surface area (TPSA) is 69.5 Å². The summed E-state index contributed by atoms with van der Waals surface area (Å²) in [4.78, 5) is 10.4. The molecule has 0 saturated carbocycles. The van der Waals surface area contributed by atoms with Crippen LogP contribution in [0.3, 0.4) is 0 Å². The molecule has 4 rings (SSSR count). The monoisotopic (exact) mass is 519 g/mol. The molecule has 2 aromatic heterocycles. The van der Waals surface area contributed by atoms with Gasteiger partial charge >= 0.3 is 0 Å². The van der Waals surface area contributed by atoms with E-state index in [-0.39, 0.29) is 6.54 Å². The average molecular weight is 520 g/mol. The predicted octanol–water partition coefficient (Wildman–Crippen LogP) is 4.99. The molecule has 1 aromatic carbocycles. The molecular weight excluding hydrogens is 484 g/mol. The molecule has 1 fully saturated rings. The largest absolute Gasteiger partial charge is 0.380 e. The molecule has 1 aliphatic heterocycles. The molecule has 0 aliphatic carbocycles. The normalized spacial score (nSPS) is 18.3. The van der Waals surface area contributed by atoms with Crippen molar-refractivity contribution in [2.24, 2.45) is 5.41 Å². The molecule has 0 spiro atoms. The zero-order chi connectivity index (χ0) is 27.7. The third-order valence-corrected chi connectivity index (χ3v) is 7.40. The molecule has 0 radical (unpaired) electrons. The number of alkyl halides is 2. The fraction of sp³-hybridized carbons (Fsp3) is 0.419. The SMILES string of the molecule is Cc1cccc(C(C)(O)C#Cc2cncc(C(O)(c3ccc(C(C)C)cc3)C3(C)CN(CC(F)F)C3)c2)n1. The van der Waals surface area contributed by atoms with Crippen molar-refractivity contribution in [2.75, 3.05) is 19.6 Å². The molecule has 200 valence electrons. The number of halogens is 2. The minimum absolute atomic E-state index is 0.309. The first-order chi connectivity index (χ1) is 17.8. The lowest BCUT2D eigenvalue weighted by Gasteiger charge is -2.56. The molecule has 3 heterocycles. The highest BCUT2D eigenvalue weighted by atomic mass is 19.3. The van der Waals surface area contributed by atoms with Gasteiger partial charge in [0.25, 0.3) is 6.43 Å². The van der Waals surface area contributed by atoms with Gasteiger partial charge in [-0.15, -0.1) is 0 Å². The fourth-order valence-electron chi connectivity index (χ4n) is 5.24. The molecule has 0 amide bonds. The van der Waals surface area contributed by atoms with Crippen LogP contribution < -0.4 is 0 Å². The van der Waals surface area contributed by atoms with Gasteiger partial charge < -0.3 is 10.2 Å². The summed E-state index contributed by atoms with van der Waals surface area (Å²) in [5.74, 6) is 6.20. The van der Waals surface area contributed by atoms with E-state index in [2.05, 4.69) is 35.7 Å². The van der Waals surface area contributed by atoms with Gasteiger partial charge in [0.2, 0.25) is 0 Å². The van der Waals surface area contributed by atoms with Crippen molar-refractivity contribution in [1.29, 1.82) is 0 Å². The second kappa shape index (κ2) is 10.5. The van der Waals surface area contributed by atoms with Crippen molar-refractivity contribution in [3.8, 4) is 11.8 Å². The molecule has 38 heavy (non-hydrogen) atoms. The maximum Gasteiger partial charge on any atom is 0.251 e. The lowest BCUT2D eigenvalue weighted by Crippen LogP contribution is -2.65. The predicted molar refractivity (Wildman–Crippen MR) is 144 cm³/mol. The summed E-state index contributed by atoms with van der Waals surface area (Å²) in [5.41, 5.74) is 0.351. The van der Waals surface area contributed by atoms with Gasteiger partial charge in [-0.3, -0.25) is 14.9 Å². The molecule has 2 N–H and O–H groups in total. The standard InChI is InChI=1S/C31H35F2N3O2/c1-21(2)24-9-11-25(12-10-24)31(38,29(4)19-36(20-29)18-28(32)33)26-15-23(16-34-17-26)13-14-30(5,37)27-8-6-7-22(3)35-27/h6-12,15-17,21,28,37-38H,18-20H2,1-5H3. The van der Waals surface area contributed by atoms with Crippen molar-refractivity contribution in [3.05, 3.63) is 94.6 Å². The number of benzene rings is 1. The van der Waals surface area contributed by atoms with Crippen molar-refractivity contribution >= 4 is 0 Å². The number of aromatic nitrogens is 2. The minimum Gasteiger partial charge on any atom is -0.380 e. The first-order valence-electron chi connectivity index (χ1n) is 12.8. The van der Waals surface area contributed by atoms with Crippen molar-refractivity contribution in [2.45, 2.75) is 58.2 Å². The van der Waals surface area contributed by atoms with Crippen LogP contribution in [0, 0.1) is 24.2 Å². The third kappa shape index (κ3) is 5.49. The molecule has 0 bridgehead atoms. The number of pyridine rings is 2. The number of rotatable bonds is 7. The molecule has 7 heteroatoms. The maximum atomic E-state index is 13.0. The summed E-state index contributed by atoms with van der Waals surface area (Å²) in [5, 5.41) is 23.4. The summed E-state index contributed by atoms with van der Waals surface area (Å²) >= 11 is 0. The second-order valence-electron chi connectivity index (χ2n) is 11.1. The minimum atomic E-state index is -2.44. The molecule has 1 saturated heterocycles. The van der Waals surface area contributed by atoms with E-state index < -0.39 is 23.0 Å². The van der Waals surface area contributed by atoms with Crippen molar-refractivity contribution < 1.29 is 19.0 Å². The van der Waals surface area contributed by atoms with Crippen LogP contribution in [0.4, 0.5) is 8.78 Å². The second-order valence-corrected chi connectivity index (χ2v) is 11.1. The van der Waals surface area contributed by atoms with Gasteiger partial charge in [-0.2, -0.15) is 0 Å². The molecule has 2 unspecified atom stereocenters. The Morgan fingerprint density at radius 3 is 2.34 bits per heavy atom. The Balaban J connectivity index is 1.73. The summed E-state index contributed by atoms with van der Waals surface area (Å²) < 4.78 is 26.1. The van der Waals surface area contributed by atoms with E-state index in [0.29, 0.717) is 41.4 Å². The zero-order valence-electron chi connectivity index (χ0n) is 22.5. The fourth-order valence-corrected chi connectivity index (χ4v) is 5.24. The molecule has 1 aliphatic rings. The first kappa shape index (κ1) is 27.8. The van der Waals surface area contributed by atoms with Gasteiger partial charge in [0.1, 0.15) is 5.60 Å². The van der Waals surface area contributed by atoms with E-state index in [0.717, 1.165) is 11.3 Å². The highest BCUT2D eigenvalue weighted by molar-refractivity contribution is 5.45. The first-order valence-corrected chi connectivity index (χ1v) is 12.8. The van der Waals surface area contributed by atoms with Gasteiger partial charge in [-0.25, -0.2) is 8.78 Å². The van der Waals surface area contributed by atoms with E-state index in [1.54, 1.807) is 36.4 Å². The van der Waals surface area contributed by atoms with E-state index in [1.165, 1.54) is 0 Å². The highest BCUT2D eigenvalue weighted by Crippen LogP contribution is 2.50. The molecule has 2 atom stereocenters. The van der Waals surface area contributed by atoms with Gasteiger partial charge in [-0.1, -0.05) is 62.9 Å². The maximum absolute atomic E-state index is 13.0. The van der Waals surface area contributed by atoms with Crippen LogP contribution in [-0.4, -0.2) is 51.1 Å². The van der Waals surface area contributed by atoms with E-state index in [9.17, 15) is 19.0 Å².